The first-order chi connectivity index (χ1) is 9.85. The molecule has 0 saturated carbocycles. The quantitative estimate of drug-likeness (QED) is 0.679. The van der Waals surface area contributed by atoms with Gasteiger partial charge in [-0.25, -0.2) is 18.2 Å². The molecular formula is C12H11ClN2O4S2. The van der Waals surface area contributed by atoms with Gasteiger partial charge in [-0.05, 0) is 30.0 Å². The van der Waals surface area contributed by atoms with Crippen LogP contribution in [0.5, 0.6) is 0 Å². The van der Waals surface area contributed by atoms with Gasteiger partial charge in [0.1, 0.15) is 9.77 Å². The van der Waals surface area contributed by atoms with Crippen molar-refractivity contribution in [2.45, 2.75) is 11.8 Å². The van der Waals surface area contributed by atoms with Crippen LogP contribution in [0.25, 0.3) is 0 Å². The lowest BCUT2D eigenvalue weighted by Gasteiger charge is -2.09. The monoisotopic (exact) mass is 346 g/mol. The summed E-state index contributed by atoms with van der Waals surface area (Å²) in [6, 6.07) is 2.88. The van der Waals surface area contributed by atoms with E-state index in [1.54, 1.807) is 13.0 Å². The van der Waals surface area contributed by atoms with Gasteiger partial charge in [0, 0.05) is 6.20 Å². The van der Waals surface area contributed by atoms with Crippen LogP contribution in [-0.4, -0.2) is 26.5 Å². The third kappa shape index (κ3) is 3.34. The molecule has 0 aromatic carbocycles. The Balaban J connectivity index is 2.42. The fourth-order valence-corrected chi connectivity index (χ4v) is 4.17. The first-order valence-electron chi connectivity index (χ1n) is 5.66. The summed E-state index contributed by atoms with van der Waals surface area (Å²) in [7, 11) is -2.77. The Labute approximate surface area is 130 Å². The van der Waals surface area contributed by atoms with Gasteiger partial charge < -0.3 is 4.74 Å². The first-order valence-corrected chi connectivity index (χ1v) is 8.40. The van der Waals surface area contributed by atoms with Crippen LogP contribution in [0.1, 0.15) is 15.2 Å². The predicted octanol–water partition coefficient (Wildman–Crippen LogP) is 2.69. The van der Waals surface area contributed by atoms with E-state index in [2.05, 4.69) is 14.4 Å². The first kappa shape index (κ1) is 15.7. The lowest BCUT2D eigenvalue weighted by atomic mass is 10.3. The topological polar surface area (TPSA) is 85.4 Å². The molecule has 2 aromatic rings. The van der Waals surface area contributed by atoms with Crippen molar-refractivity contribution in [1.29, 1.82) is 0 Å². The number of halogens is 1. The highest BCUT2D eigenvalue weighted by atomic mass is 35.5. The number of carbonyl (C=O) groups is 1. The van der Waals surface area contributed by atoms with Crippen LogP contribution < -0.4 is 4.72 Å². The minimum Gasteiger partial charge on any atom is -0.465 e. The van der Waals surface area contributed by atoms with Crippen LogP contribution in [-0.2, 0) is 14.8 Å². The molecule has 0 bridgehead atoms. The second kappa shape index (κ2) is 6.00. The molecule has 0 atom stereocenters. The standard InChI is InChI=1S/C12H11ClN2O4S2/c1-7-5-8(11(13)14-6-7)15-21(17,18)9-3-4-20-10(9)12(16)19-2/h3-6,15H,1-2H3. The van der Waals surface area contributed by atoms with E-state index < -0.39 is 16.0 Å². The summed E-state index contributed by atoms with van der Waals surface area (Å²) in [6.07, 6.45) is 1.52. The smallest absolute Gasteiger partial charge is 0.349 e. The maximum Gasteiger partial charge on any atom is 0.349 e. The van der Waals surface area contributed by atoms with Crippen LogP contribution in [0.4, 0.5) is 5.69 Å². The Morgan fingerprint density at radius 1 is 1.48 bits per heavy atom. The number of aromatic nitrogens is 1. The SMILES string of the molecule is COC(=O)c1sccc1S(=O)(=O)Nc1cc(C)cnc1Cl. The van der Waals surface area contributed by atoms with Crippen LogP contribution in [0, 0.1) is 6.92 Å². The zero-order valence-electron chi connectivity index (χ0n) is 11.1. The summed E-state index contributed by atoms with van der Waals surface area (Å²) < 4.78 is 31.6. The second-order valence-corrected chi connectivity index (χ2v) is 6.99. The molecule has 2 rings (SSSR count). The maximum absolute atomic E-state index is 12.4. The number of rotatable bonds is 4. The highest BCUT2D eigenvalue weighted by molar-refractivity contribution is 7.93. The molecule has 112 valence electrons. The number of methoxy groups -OCH3 is 1. The highest BCUT2D eigenvalue weighted by Crippen LogP contribution is 2.27. The van der Waals surface area contributed by atoms with Gasteiger partial charge in [-0.3, -0.25) is 4.72 Å². The van der Waals surface area contributed by atoms with Crippen LogP contribution in [0.2, 0.25) is 5.15 Å². The van der Waals surface area contributed by atoms with E-state index in [1.807, 2.05) is 0 Å². The molecule has 0 saturated heterocycles. The minimum atomic E-state index is -3.96. The largest absolute Gasteiger partial charge is 0.465 e. The maximum atomic E-state index is 12.4. The number of sulfonamides is 1. The molecule has 21 heavy (non-hydrogen) atoms. The molecule has 0 amide bonds. The number of esters is 1. The van der Waals surface area contributed by atoms with E-state index >= 15 is 0 Å². The van der Waals surface area contributed by atoms with Gasteiger partial charge in [0.05, 0.1) is 12.8 Å². The molecule has 0 aliphatic heterocycles. The van der Waals surface area contributed by atoms with Gasteiger partial charge in [-0.15, -0.1) is 11.3 Å². The van der Waals surface area contributed by atoms with Crippen LogP contribution in [0.15, 0.2) is 28.6 Å². The lowest BCUT2D eigenvalue weighted by Crippen LogP contribution is -2.16. The summed E-state index contributed by atoms with van der Waals surface area (Å²) in [6.45, 7) is 1.76. The van der Waals surface area contributed by atoms with Gasteiger partial charge in [0.25, 0.3) is 10.0 Å². The normalized spacial score (nSPS) is 11.2. The van der Waals surface area contributed by atoms with Gasteiger partial charge in [0.2, 0.25) is 0 Å². The van der Waals surface area contributed by atoms with Crippen molar-refractivity contribution in [2.24, 2.45) is 0 Å². The summed E-state index contributed by atoms with van der Waals surface area (Å²) >= 11 is 6.85. The summed E-state index contributed by atoms with van der Waals surface area (Å²) in [5.74, 6) is -0.709. The Kier molecular flexibility index (Phi) is 4.50. The van der Waals surface area contributed by atoms with Crippen molar-refractivity contribution in [2.75, 3.05) is 11.8 Å². The van der Waals surface area contributed by atoms with E-state index in [0.29, 0.717) is 0 Å². The van der Waals surface area contributed by atoms with Crippen LogP contribution >= 0.6 is 22.9 Å². The Morgan fingerprint density at radius 2 is 2.19 bits per heavy atom. The van der Waals surface area contributed by atoms with Crippen molar-refractivity contribution >= 4 is 44.6 Å². The third-order valence-corrected chi connectivity index (χ3v) is 5.24. The fourth-order valence-electron chi connectivity index (χ4n) is 1.57. The van der Waals surface area contributed by atoms with Gasteiger partial charge >= 0.3 is 5.97 Å². The number of nitrogens with zero attached hydrogens (tertiary/aromatic N) is 1. The molecule has 6 nitrogen and oxygen atoms in total. The van der Waals surface area contributed by atoms with E-state index in [4.69, 9.17) is 11.6 Å². The molecular weight excluding hydrogens is 336 g/mol. The average molecular weight is 347 g/mol. The number of hydrogen-bond donors (Lipinski definition) is 1. The lowest BCUT2D eigenvalue weighted by molar-refractivity contribution is 0.0602. The minimum absolute atomic E-state index is 0.00161. The van der Waals surface area contributed by atoms with E-state index in [9.17, 15) is 13.2 Å². The Hall–Kier alpha value is -1.64. The number of thiophene rings is 1. The predicted molar refractivity (Wildman–Crippen MR) is 80.5 cm³/mol. The number of ether oxygens (including phenoxy) is 1. The fraction of sp³-hybridized carbons (Fsp3) is 0.167. The average Bonchev–Trinajstić information content (AvgIpc) is 2.92. The van der Waals surface area contributed by atoms with E-state index in [1.165, 1.54) is 24.8 Å². The van der Waals surface area contributed by atoms with Crippen molar-refractivity contribution < 1.29 is 17.9 Å². The number of carbonyl (C=O) groups excluding carboxylic acids is 1. The second-order valence-electron chi connectivity index (χ2n) is 4.06. The van der Waals surface area contributed by atoms with Gasteiger partial charge in [-0.2, -0.15) is 0 Å². The van der Waals surface area contributed by atoms with Crippen LogP contribution in [0.3, 0.4) is 0 Å². The van der Waals surface area contributed by atoms with Crippen molar-refractivity contribution in [1.82, 2.24) is 4.98 Å². The number of aryl methyl sites for hydroxylation is 1. The number of pyridine rings is 1. The number of nitrogens with one attached hydrogen (secondary N) is 1. The summed E-state index contributed by atoms with van der Waals surface area (Å²) in [5.41, 5.74) is 0.897. The van der Waals surface area contributed by atoms with Crippen molar-refractivity contribution in [3.63, 3.8) is 0 Å². The zero-order chi connectivity index (χ0) is 15.6. The molecule has 9 heteroatoms. The van der Waals surface area contributed by atoms with Crippen molar-refractivity contribution in [3.05, 3.63) is 39.3 Å². The number of anilines is 1. The Bertz CT molecular complexity index is 786. The molecule has 0 aliphatic rings. The molecule has 0 unspecified atom stereocenters. The van der Waals surface area contributed by atoms with Crippen molar-refractivity contribution in [3.8, 4) is 0 Å². The van der Waals surface area contributed by atoms with E-state index in [0.717, 1.165) is 16.9 Å². The molecule has 0 spiro atoms. The molecule has 2 aromatic heterocycles. The zero-order valence-corrected chi connectivity index (χ0v) is 13.5. The molecule has 1 N–H and O–H groups in total. The molecule has 0 radical (unpaired) electrons. The molecule has 0 aliphatic carbocycles. The summed E-state index contributed by atoms with van der Waals surface area (Å²) in [5, 5.41) is 1.52. The number of hydrogen-bond acceptors (Lipinski definition) is 6. The molecule has 2 heterocycles. The molecule has 0 fully saturated rings. The van der Waals surface area contributed by atoms with E-state index in [-0.39, 0.29) is 20.6 Å². The Morgan fingerprint density at radius 3 is 2.86 bits per heavy atom. The van der Waals surface area contributed by atoms with Gasteiger partial charge in [0.15, 0.2) is 5.15 Å². The highest BCUT2D eigenvalue weighted by Gasteiger charge is 2.25. The van der Waals surface area contributed by atoms with Gasteiger partial charge in [-0.1, -0.05) is 11.6 Å². The third-order valence-electron chi connectivity index (χ3n) is 2.51. The summed E-state index contributed by atoms with van der Waals surface area (Å²) in [4.78, 5) is 15.3.